The second-order valence-corrected chi connectivity index (χ2v) is 10.3. The summed E-state index contributed by atoms with van der Waals surface area (Å²) in [6.07, 6.45) is 0. The van der Waals surface area contributed by atoms with E-state index < -0.39 is 19.3 Å². The lowest BCUT2D eigenvalue weighted by Gasteiger charge is -2.12. The number of fused-ring (bicyclic) bond motifs is 1. The van der Waals surface area contributed by atoms with Gasteiger partial charge in [-0.05, 0) is 12.1 Å². The van der Waals surface area contributed by atoms with Crippen molar-refractivity contribution >= 4 is 92.3 Å². The zero-order valence-corrected chi connectivity index (χ0v) is 18.8. The Bertz CT molecular complexity index is 1150. The molecule has 0 aliphatic rings. The number of rotatable bonds is 1. The van der Waals surface area contributed by atoms with Crippen LogP contribution in [0.2, 0.25) is 0 Å². The summed E-state index contributed by atoms with van der Waals surface area (Å²) < 4.78 is 1.50. The van der Waals surface area contributed by atoms with E-state index in [0.717, 1.165) is 5.56 Å². The zero-order chi connectivity index (χ0) is 21.2. The summed E-state index contributed by atoms with van der Waals surface area (Å²) in [5.74, 6) is -1.07. The van der Waals surface area contributed by atoms with Gasteiger partial charge in [0.15, 0.2) is 5.84 Å². The lowest BCUT2D eigenvalue weighted by Crippen LogP contribution is -2.25. The molecule has 0 N–H and O–H groups in total. The quantitative estimate of drug-likeness (QED) is 0.209. The van der Waals surface area contributed by atoms with Crippen LogP contribution in [0.4, 0.5) is 0 Å². The fourth-order valence-corrected chi connectivity index (χ4v) is 2.76. The number of halogens is 6. The second kappa shape index (κ2) is 8.84. The zero-order valence-electron chi connectivity index (χ0n) is 14.3. The van der Waals surface area contributed by atoms with Crippen LogP contribution in [0.5, 0.6) is 0 Å². The van der Waals surface area contributed by atoms with Gasteiger partial charge in [0.2, 0.25) is 3.79 Å². The van der Waals surface area contributed by atoms with E-state index in [9.17, 15) is 4.79 Å². The van der Waals surface area contributed by atoms with Gasteiger partial charge in [-0.25, -0.2) is 4.99 Å². The minimum absolute atomic E-state index is 0.355. The Labute approximate surface area is 195 Å². The molecule has 0 spiro atoms. The van der Waals surface area contributed by atoms with Crippen molar-refractivity contribution in [1.29, 1.82) is 0 Å². The molecule has 1 amide bonds. The first-order valence-corrected chi connectivity index (χ1v) is 10.2. The number of amidine groups is 1. The highest BCUT2D eigenvalue weighted by atomic mass is 35.6. The third-order valence-electron chi connectivity index (χ3n) is 3.64. The Morgan fingerprint density at radius 2 is 1.45 bits per heavy atom. The summed E-state index contributed by atoms with van der Waals surface area (Å²) in [4.78, 5) is 19.9. The van der Waals surface area contributed by atoms with E-state index in [1.807, 2.05) is 30.3 Å². The molecule has 0 aliphatic heterocycles. The molecule has 0 bridgehead atoms. The maximum atomic E-state index is 12.0. The molecule has 3 aromatic rings. The molecule has 29 heavy (non-hydrogen) atoms. The number of nitrogens with zero attached hydrogens (tertiary/aromatic N) is 2. The van der Waals surface area contributed by atoms with Crippen molar-refractivity contribution < 1.29 is 9.21 Å². The van der Waals surface area contributed by atoms with E-state index in [4.69, 9.17) is 74.0 Å². The molecule has 0 saturated heterocycles. The molecule has 2 aromatic carbocycles. The SMILES string of the molecule is O=C(N=C(N=c1cc(-c2ccccc2)oc2ccccc12)C(Cl)(Cl)Cl)C(Cl)(Cl)Cl. The van der Waals surface area contributed by atoms with Gasteiger partial charge in [-0.1, -0.05) is 112 Å². The number of para-hydroxylation sites is 1. The van der Waals surface area contributed by atoms with Gasteiger partial charge in [-0.15, -0.1) is 0 Å². The number of alkyl halides is 6. The van der Waals surface area contributed by atoms with E-state index in [0.29, 0.717) is 22.1 Å². The minimum Gasteiger partial charge on any atom is -0.456 e. The molecule has 1 aromatic heterocycles. The monoisotopic (exact) mass is 508 g/mol. The van der Waals surface area contributed by atoms with Crippen LogP contribution in [0.25, 0.3) is 22.3 Å². The molecule has 0 fully saturated rings. The standard InChI is InChI=1S/C19H10Cl6N2O2/c20-18(21,22)16(27-17(28)19(23,24)25)26-13-10-15(11-6-2-1-3-7-11)29-14-9-5-4-8-12(13)14/h1-10H. The van der Waals surface area contributed by atoms with Crippen molar-refractivity contribution in [2.75, 3.05) is 0 Å². The summed E-state index contributed by atoms with van der Waals surface area (Å²) in [7, 11) is 0. The predicted molar refractivity (Wildman–Crippen MR) is 120 cm³/mol. The Morgan fingerprint density at radius 3 is 2.07 bits per heavy atom. The first kappa shape index (κ1) is 22.4. The highest BCUT2D eigenvalue weighted by Gasteiger charge is 2.35. The lowest BCUT2D eigenvalue weighted by molar-refractivity contribution is -0.116. The highest BCUT2D eigenvalue weighted by molar-refractivity contribution is 6.78. The fraction of sp³-hybridized carbons (Fsp3) is 0.105. The van der Waals surface area contributed by atoms with Gasteiger partial charge < -0.3 is 4.42 Å². The average molecular weight is 511 g/mol. The number of carbonyl (C=O) groups is 1. The first-order valence-electron chi connectivity index (χ1n) is 7.96. The van der Waals surface area contributed by atoms with Gasteiger partial charge in [0.1, 0.15) is 11.3 Å². The summed E-state index contributed by atoms with van der Waals surface area (Å²) in [6.45, 7) is 0. The van der Waals surface area contributed by atoms with E-state index in [1.165, 1.54) is 0 Å². The first-order chi connectivity index (χ1) is 13.6. The van der Waals surface area contributed by atoms with E-state index in [2.05, 4.69) is 9.98 Å². The molecular formula is C19H10Cl6N2O2. The van der Waals surface area contributed by atoms with E-state index >= 15 is 0 Å². The van der Waals surface area contributed by atoms with Gasteiger partial charge in [0.25, 0.3) is 9.70 Å². The van der Waals surface area contributed by atoms with Gasteiger partial charge >= 0.3 is 0 Å². The van der Waals surface area contributed by atoms with Crippen LogP contribution in [-0.4, -0.2) is 19.3 Å². The molecule has 0 radical (unpaired) electrons. The molecule has 4 nitrogen and oxygen atoms in total. The molecule has 0 unspecified atom stereocenters. The van der Waals surface area contributed by atoms with Gasteiger partial charge in [-0.3, -0.25) is 4.79 Å². The number of amides is 1. The number of hydrogen-bond donors (Lipinski definition) is 0. The Kier molecular flexibility index (Phi) is 6.84. The molecule has 0 atom stereocenters. The summed E-state index contributed by atoms with van der Waals surface area (Å²) in [6, 6.07) is 18.1. The maximum absolute atomic E-state index is 12.0. The van der Waals surface area contributed by atoms with Gasteiger partial charge in [0, 0.05) is 17.0 Å². The van der Waals surface area contributed by atoms with Crippen LogP contribution in [0.3, 0.4) is 0 Å². The van der Waals surface area contributed by atoms with Gasteiger partial charge in [-0.2, -0.15) is 4.99 Å². The average Bonchev–Trinajstić information content (AvgIpc) is 2.66. The summed E-state index contributed by atoms with van der Waals surface area (Å²) >= 11 is 34.6. The van der Waals surface area contributed by atoms with E-state index in [1.54, 1.807) is 30.3 Å². The Balaban J connectivity index is 2.29. The topological polar surface area (TPSA) is 54.9 Å². The van der Waals surface area contributed by atoms with Crippen molar-refractivity contribution in [2.45, 2.75) is 7.59 Å². The van der Waals surface area contributed by atoms with Gasteiger partial charge in [0.05, 0.1) is 5.36 Å². The third-order valence-corrected chi connectivity index (χ3v) is 4.63. The van der Waals surface area contributed by atoms with Crippen LogP contribution in [-0.2, 0) is 4.79 Å². The van der Waals surface area contributed by atoms with Crippen LogP contribution < -0.4 is 5.36 Å². The predicted octanol–water partition coefficient (Wildman–Crippen LogP) is 6.67. The Hall–Kier alpha value is -1.27. The lowest BCUT2D eigenvalue weighted by atomic mass is 10.1. The third kappa shape index (κ3) is 5.66. The molecule has 150 valence electrons. The van der Waals surface area contributed by atoms with Crippen LogP contribution >= 0.6 is 69.6 Å². The largest absolute Gasteiger partial charge is 0.456 e. The molecule has 0 aliphatic carbocycles. The van der Waals surface area contributed by atoms with Crippen molar-refractivity contribution in [2.24, 2.45) is 9.98 Å². The van der Waals surface area contributed by atoms with Crippen LogP contribution in [0.15, 0.2) is 75.1 Å². The number of aliphatic imine (C=N–C) groups is 1. The van der Waals surface area contributed by atoms with Crippen molar-refractivity contribution in [1.82, 2.24) is 0 Å². The normalized spacial score (nSPS) is 13.7. The van der Waals surface area contributed by atoms with Crippen LogP contribution in [0.1, 0.15) is 0 Å². The number of hydrogen-bond acceptors (Lipinski definition) is 2. The minimum atomic E-state index is -2.32. The van der Waals surface area contributed by atoms with Crippen molar-refractivity contribution in [3.05, 3.63) is 66.0 Å². The van der Waals surface area contributed by atoms with E-state index in [-0.39, 0.29) is 0 Å². The maximum Gasteiger partial charge on any atom is 0.299 e. The molecular weight excluding hydrogens is 501 g/mol. The second-order valence-electron chi connectivity index (χ2n) is 5.71. The fourth-order valence-electron chi connectivity index (χ4n) is 2.38. The molecule has 10 heteroatoms. The van der Waals surface area contributed by atoms with Crippen LogP contribution in [0, 0.1) is 0 Å². The highest BCUT2D eigenvalue weighted by Crippen LogP contribution is 2.32. The number of benzene rings is 2. The van der Waals surface area contributed by atoms with Crippen molar-refractivity contribution in [3.8, 4) is 11.3 Å². The molecule has 3 rings (SSSR count). The smallest absolute Gasteiger partial charge is 0.299 e. The molecule has 1 heterocycles. The summed E-state index contributed by atoms with van der Waals surface area (Å²) in [5, 5.41) is 0.961. The summed E-state index contributed by atoms with van der Waals surface area (Å²) in [5.41, 5.74) is 1.34. The Morgan fingerprint density at radius 1 is 0.828 bits per heavy atom. The van der Waals surface area contributed by atoms with Crippen molar-refractivity contribution in [3.63, 3.8) is 0 Å². The molecule has 0 saturated carbocycles. The number of carbonyl (C=O) groups excluding carboxylic acids is 1.